The average Bonchev–Trinajstić information content (AvgIpc) is 2.29. The Morgan fingerprint density at radius 2 is 2.40 bits per heavy atom. The van der Waals surface area contributed by atoms with Gasteiger partial charge in [0.05, 0.1) is 0 Å². The topological polar surface area (TPSA) is 38.3 Å². The van der Waals surface area contributed by atoms with E-state index >= 15 is 0 Å². The number of hydrogen-bond acceptors (Lipinski definition) is 2. The van der Waals surface area contributed by atoms with Gasteiger partial charge in [0.1, 0.15) is 6.10 Å². The Morgan fingerprint density at radius 1 is 1.60 bits per heavy atom. The molecule has 0 aromatic heterocycles. The van der Waals surface area contributed by atoms with Gasteiger partial charge in [-0.25, -0.2) is 0 Å². The zero-order valence-electron chi connectivity index (χ0n) is 9.30. The Bertz CT molecular complexity index is 193. The van der Waals surface area contributed by atoms with Gasteiger partial charge in [0.15, 0.2) is 0 Å². The minimum Gasteiger partial charge on any atom is -0.368 e. The Labute approximate surface area is 96.5 Å². The van der Waals surface area contributed by atoms with Gasteiger partial charge in [0, 0.05) is 18.5 Å². The summed E-state index contributed by atoms with van der Waals surface area (Å²) < 4.78 is 5.38. The molecule has 1 amide bonds. The summed E-state index contributed by atoms with van der Waals surface area (Å²) in [4.78, 5) is 11.6. The number of alkyl halides is 1. The molecule has 1 rings (SSSR count). The number of amides is 1. The van der Waals surface area contributed by atoms with Gasteiger partial charge in [-0.15, -0.1) is 11.6 Å². The number of halogens is 1. The van der Waals surface area contributed by atoms with Crippen molar-refractivity contribution in [3.8, 4) is 0 Å². The molecule has 1 heterocycles. The van der Waals surface area contributed by atoms with E-state index in [-0.39, 0.29) is 17.4 Å². The highest BCUT2D eigenvalue weighted by Gasteiger charge is 2.21. The van der Waals surface area contributed by atoms with Crippen molar-refractivity contribution in [2.45, 2.75) is 50.5 Å². The third-order valence-electron chi connectivity index (χ3n) is 2.67. The van der Waals surface area contributed by atoms with Crippen LogP contribution in [-0.2, 0) is 9.53 Å². The maximum absolute atomic E-state index is 11.6. The van der Waals surface area contributed by atoms with E-state index in [0.29, 0.717) is 13.2 Å². The van der Waals surface area contributed by atoms with Crippen LogP contribution in [0.4, 0.5) is 0 Å². The third kappa shape index (κ3) is 4.85. The maximum Gasteiger partial charge on any atom is 0.249 e. The van der Waals surface area contributed by atoms with E-state index in [1.807, 2.05) is 6.92 Å². The molecule has 2 unspecified atom stereocenters. The molecule has 15 heavy (non-hydrogen) atoms. The minimum absolute atomic E-state index is 0.0228. The first-order valence-corrected chi connectivity index (χ1v) is 6.21. The molecular formula is C11H20ClNO2. The number of ether oxygens (including phenoxy) is 1. The first-order valence-electron chi connectivity index (χ1n) is 5.77. The molecular weight excluding hydrogens is 214 g/mol. The predicted octanol–water partition coefficient (Wildman–Crippen LogP) is 2.08. The predicted molar refractivity (Wildman–Crippen MR) is 61.1 cm³/mol. The lowest BCUT2D eigenvalue weighted by Crippen LogP contribution is -2.39. The van der Waals surface area contributed by atoms with Gasteiger partial charge in [-0.1, -0.05) is 6.92 Å². The highest BCUT2D eigenvalue weighted by atomic mass is 35.5. The summed E-state index contributed by atoms with van der Waals surface area (Å²) in [6, 6.07) is 0. The van der Waals surface area contributed by atoms with E-state index < -0.39 is 0 Å². The number of carbonyl (C=O) groups is 1. The van der Waals surface area contributed by atoms with Crippen LogP contribution in [0, 0.1) is 0 Å². The minimum atomic E-state index is -0.228. The lowest BCUT2D eigenvalue weighted by Gasteiger charge is -2.21. The van der Waals surface area contributed by atoms with E-state index in [1.54, 1.807) is 0 Å². The Hall–Kier alpha value is -0.280. The van der Waals surface area contributed by atoms with Gasteiger partial charge in [0.2, 0.25) is 5.91 Å². The van der Waals surface area contributed by atoms with Gasteiger partial charge in [0.25, 0.3) is 0 Å². The molecule has 0 bridgehead atoms. The molecule has 0 radical (unpaired) electrons. The smallest absolute Gasteiger partial charge is 0.249 e. The fourth-order valence-electron chi connectivity index (χ4n) is 1.62. The Kier molecular flexibility index (Phi) is 6.03. The molecule has 0 spiro atoms. The van der Waals surface area contributed by atoms with Crippen LogP contribution in [-0.4, -0.2) is 30.5 Å². The Balaban J connectivity index is 2.12. The summed E-state index contributed by atoms with van der Waals surface area (Å²) in [5.74, 6) is 0.0228. The van der Waals surface area contributed by atoms with Gasteiger partial charge < -0.3 is 10.1 Å². The summed E-state index contributed by atoms with van der Waals surface area (Å²) >= 11 is 5.95. The van der Waals surface area contributed by atoms with Crippen molar-refractivity contribution in [2.24, 2.45) is 0 Å². The number of rotatable bonds is 5. The lowest BCUT2D eigenvalue weighted by atomic mass is 10.1. The summed E-state index contributed by atoms with van der Waals surface area (Å²) in [5, 5.41) is 3.03. The summed E-state index contributed by atoms with van der Waals surface area (Å²) in [6.45, 7) is 3.41. The molecule has 1 aliphatic heterocycles. The molecule has 0 aliphatic carbocycles. The van der Waals surface area contributed by atoms with Crippen molar-refractivity contribution in [2.75, 3.05) is 13.2 Å². The van der Waals surface area contributed by atoms with Gasteiger partial charge in [-0.05, 0) is 32.1 Å². The normalized spacial score (nSPS) is 23.5. The third-order valence-corrected chi connectivity index (χ3v) is 3.20. The van der Waals surface area contributed by atoms with Crippen LogP contribution >= 0.6 is 11.6 Å². The van der Waals surface area contributed by atoms with E-state index in [1.165, 1.54) is 0 Å². The van der Waals surface area contributed by atoms with Crippen LogP contribution in [0.2, 0.25) is 0 Å². The molecule has 0 aromatic carbocycles. The second-order valence-corrected chi connectivity index (χ2v) is 4.56. The summed E-state index contributed by atoms with van der Waals surface area (Å²) in [7, 11) is 0. The van der Waals surface area contributed by atoms with Crippen molar-refractivity contribution >= 4 is 17.5 Å². The van der Waals surface area contributed by atoms with Crippen LogP contribution < -0.4 is 5.32 Å². The summed E-state index contributed by atoms with van der Waals surface area (Å²) in [6.07, 6.45) is 4.56. The lowest BCUT2D eigenvalue weighted by molar-refractivity contribution is -0.135. The fourth-order valence-corrected chi connectivity index (χ4v) is 1.73. The van der Waals surface area contributed by atoms with Crippen LogP contribution in [0.25, 0.3) is 0 Å². The second-order valence-electron chi connectivity index (χ2n) is 3.94. The van der Waals surface area contributed by atoms with Crippen molar-refractivity contribution in [3.63, 3.8) is 0 Å². The molecule has 1 saturated heterocycles. The zero-order valence-corrected chi connectivity index (χ0v) is 10.1. The monoisotopic (exact) mass is 233 g/mol. The summed E-state index contributed by atoms with van der Waals surface area (Å²) in [5.41, 5.74) is 0. The highest BCUT2D eigenvalue weighted by molar-refractivity contribution is 6.20. The van der Waals surface area contributed by atoms with E-state index in [4.69, 9.17) is 16.3 Å². The molecule has 4 heteroatoms. The number of hydrogen-bond donors (Lipinski definition) is 1. The highest BCUT2D eigenvalue weighted by Crippen LogP contribution is 2.12. The fraction of sp³-hybridized carbons (Fsp3) is 0.909. The molecule has 3 nitrogen and oxygen atoms in total. The number of nitrogens with one attached hydrogen (secondary N) is 1. The standard InChI is InChI=1S/C11H20ClNO2/c1-2-9(12)6-7-13-11(14)10-5-3-4-8-15-10/h9-10H,2-8H2,1H3,(H,13,14). The van der Waals surface area contributed by atoms with Gasteiger partial charge in [-0.2, -0.15) is 0 Å². The molecule has 0 saturated carbocycles. The van der Waals surface area contributed by atoms with Crippen molar-refractivity contribution < 1.29 is 9.53 Å². The zero-order chi connectivity index (χ0) is 11.1. The molecule has 2 atom stereocenters. The molecule has 88 valence electrons. The molecule has 0 aromatic rings. The van der Waals surface area contributed by atoms with E-state index in [2.05, 4.69) is 5.32 Å². The van der Waals surface area contributed by atoms with E-state index in [0.717, 1.165) is 32.1 Å². The Morgan fingerprint density at radius 3 is 3.00 bits per heavy atom. The van der Waals surface area contributed by atoms with Crippen molar-refractivity contribution in [1.82, 2.24) is 5.32 Å². The quantitative estimate of drug-likeness (QED) is 0.739. The van der Waals surface area contributed by atoms with Crippen molar-refractivity contribution in [3.05, 3.63) is 0 Å². The van der Waals surface area contributed by atoms with Crippen LogP contribution in [0.15, 0.2) is 0 Å². The van der Waals surface area contributed by atoms with Crippen LogP contribution in [0.3, 0.4) is 0 Å². The van der Waals surface area contributed by atoms with Gasteiger partial charge >= 0.3 is 0 Å². The first-order chi connectivity index (χ1) is 7.24. The van der Waals surface area contributed by atoms with Gasteiger partial charge in [-0.3, -0.25) is 4.79 Å². The SMILES string of the molecule is CCC(Cl)CCNC(=O)C1CCCCO1. The molecule has 1 fully saturated rings. The largest absolute Gasteiger partial charge is 0.368 e. The molecule has 1 aliphatic rings. The van der Waals surface area contributed by atoms with Crippen LogP contribution in [0.1, 0.15) is 39.0 Å². The van der Waals surface area contributed by atoms with Crippen LogP contribution in [0.5, 0.6) is 0 Å². The van der Waals surface area contributed by atoms with E-state index in [9.17, 15) is 4.79 Å². The molecule has 1 N–H and O–H groups in total. The first kappa shape index (κ1) is 12.8. The number of carbonyl (C=O) groups excluding carboxylic acids is 1. The maximum atomic E-state index is 11.6. The average molecular weight is 234 g/mol. The second kappa shape index (κ2) is 7.07. The van der Waals surface area contributed by atoms with Crippen molar-refractivity contribution in [1.29, 1.82) is 0 Å².